The number of benzene rings is 1. The van der Waals surface area contributed by atoms with Crippen LogP contribution < -0.4 is 14.8 Å². The second-order valence-corrected chi connectivity index (χ2v) is 6.63. The van der Waals surface area contributed by atoms with Crippen molar-refractivity contribution < 1.29 is 32.5 Å². The van der Waals surface area contributed by atoms with Gasteiger partial charge in [-0.3, -0.25) is 9.48 Å². The van der Waals surface area contributed by atoms with Crippen molar-refractivity contribution >= 4 is 5.91 Å². The van der Waals surface area contributed by atoms with Gasteiger partial charge in [0.1, 0.15) is 11.5 Å². The van der Waals surface area contributed by atoms with Crippen molar-refractivity contribution in [1.29, 1.82) is 0 Å². The molecule has 3 aromatic rings. The normalized spacial score (nSPS) is 12.3. The van der Waals surface area contributed by atoms with Gasteiger partial charge < -0.3 is 19.9 Å². The van der Waals surface area contributed by atoms with E-state index >= 15 is 0 Å². The van der Waals surface area contributed by atoms with E-state index in [0.29, 0.717) is 11.3 Å². The molecule has 0 fully saturated rings. The molecule has 2 N–H and O–H groups in total. The number of carbonyl (C=O) groups excluding carboxylic acids is 1. The zero-order chi connectivity index (χ0) is 22.6. The highest BCUT2D eigenvalue weighted by atomic mass is 19.4. The summed E-state index contributed by atoms with van der Waals surface area (Å²) in [4.78, 5) is 16.6. The van der Waals surface area contributed by atoms with Gasteiger partial charge in [0.05, 0.1) is 23.4 Å². The van der Waals surface area contributed by atoms with Gasteiger partial charge in [-0.05, 0) is 43.3 Å². The number of nitrogens with zero attached hydrogens (tertiary/aromatic N) is 3. The van der Waals surface area contributed by atoms with E-state index in [0.717, 1.165) is 12.1 Å². The molecule has 0 unspecified atom stereocenters. The van der Waals surface area contributed by atoms with Crippen LogP contribution in [0.15, 0.2) is 48.8 Å². The average molecular weight is 436 g/mol. The fraction of sp³-hybridized carbons (Fsp3) is 0.250. The fourth-order valence-corrected chi connectivity index (χ4v) is 2.57. The number of ether oxygens (including phenoxy) is 2. The van der Waals surface area contributed by atoms with Crippen molar-refractivity contribution in [2.75, 3.05) is 6.61 Å². The summed E-state index contributed by atoms with van der Waals surface area (Å²) in [6.45, 7) is 1.43. The summed E-state index contributed by atoms with van der Waals surface area (Å²) in [5.41, 5.74) is 1.11. The van der Waals surface area contributed by atoms with Crippen molar-refractivity contribution in [1.82, 2.24) is 20.1 Å². The SMILES string of the molecule is C[C@H](CO)NC(=O)c1cnc(Oc2ccc(OC(F)(F)F)cc2)c(-c2ccn(C)n2)c1. The molecule has 0 spiro atoms. The van der Waals surface area contributed by atoms with Crippen molar-refractivity contribution in [2.24, 2.45) is 7.05 Å². The molecule has 1 aromatic carbocycles. The Kier molecular flexibility index (Phi) is 6.44. The minimum atomic E-state index is -4.79. The van der Waals surface area contributed by atoms with Gasteiger partial charge in [-0.15, -0.1) is 13.2 Å². The first-order valence-corrected chi connectivity index (χ1v) is 9.10. The highest BCUT2D eigenvalue weighted by Crippen LogP contribution is 2.32. The molecule has 0 aliphatic rings. The Labute approximate surface area is 175 Å². The number of nitrogens with one attached hydrogen (secondary N) is 1. The average Bonchev–Trinajstić information content (AvgIpc) is 3.14. The topological polar surface area (TPSA) is 98.5 Å². The Balaban J connectivity index is 1.89. The van der Waals surface area contributed by atoms with Crippen LogP contribution in [-0.2, 0) is 7.05 Å². The van der Waals surface area contributed by atoms with E-state index in [2.05, 4.69) is 20.1 Å². The Hall–Kier alpha value is -3.60. The number of aliphatic hydroxyl groups excluding tert-OH is 1. The summed E-state index contributed by atoms with van der Waals surface area (Å²) in [6, 6.07) is 7.61. The van der Waals surface area contributed by atoms with Gasteiger partial charge in [0, 0.05) is 25.5 Å². The lowest BCUT2D eigenvalue weighted by molar-refractivity contribution is -0.274. The lowest BCUT2D eigenvalue weighted by Gasteiger charge is -2.13. The first kappa shape index (κ1) is 22.1. The zero-order valence-electron chi connectivity index (χ0n) is 16.6. The molecule has 1 amide bonds. The third kappa shape index (κ3) is 5.95. The summed E-state index contributed by atoms with van der Waals surface area (Å²) >= 11 is 0. The van der Waals surface area contributed by atoms with Crippen molar-refractivity contribution in [3.63, 3.8) is 0 Å². The summed E-state index contributed by atoms with van der Waals surface area (Å²) in [5, 5.41) is 16.0. The van der Waals surface area contributed by atoms with Gasteiger partial charge in [0.2, 0.25) is 5.88 Å². The molecule has 3 rings (SSSR count). The van der Waals surface area contributed by atoms with Gasteiger partial charge in [0.15, 0.2) is 0 Å². The van der Waals surface area contributed by atoms with E-state index in [-0.39, 0.29) is 29.5 Å². The minimum absolute atomic E-state index is 0.106. The van der Waals surface area contributed by atoms with Gasteiger partial charge in [-0.1, -0.05) is 0 Å². The predicted octanol–water partition coefficient (Wildman–Crippen LogP) is 3.28. The van der Waals surface area contributed by atoms with Crippen molar-refractivity contribution in [3.8, 4) is 28.6 Å². The van der Waals surface area contributed by atoms with Crippen LogP contribution in [0.3, 0.4) is 0 Å². The lowest BCUT2D eigenvalue weighted by atomic mass is 10.1. The van der Waals surface area contributed by atoms with Crippen LogP contribution in [0.5, 0.6) is 17.4 Å². The number of hydrogen-bond acceptors (Lipinski definition) is 6. The summed E-state index contributed by atoms with van der Waals surface area (Å²) < 4.78 is 48.1. The van der Waals surface area contributed by atoms with Crippen LogP contribution >= 0.6 is 0 Å². The van der Waals surface area contributed by atoms with E-state index in [1.54, 1.807) is 30.9 Å². The van der Waals surface area contributed by atoms with Gasteiger partial charge in [-0.2, -0.15) is 5.10 Å². The standard InChI is InChI=1S/C20H19F3N4O4/c1-12(11-28)25-18(29)13-9-16(17-7-8-27(2)26-17)19(24-10-13)30-14-3-5-15(6-4-14)31-20(21,22)23/h3-10,12,28H,11H2,1-2H3,(H,25,29)/t12-/m1/s1. The molecule has 164 valence electrons. The number of aliphatic hydroxyl groups is 1. The van der Waals surface area contributed by atoms with Crippen molar-refractivity contribution in [3.05, 3.63) is 54.4 Å². The molecule has 0 saturated heterocycles. The molecule has 0 radical (unpaired) electrons. The number of pyridine rings is 1. The quantitative estimate of drug-likeness (QED) is 0.590. The van der Waals surface area contributed by atoms with E-state index in [4.69, 9.17) is 9.84 Å². The molecule has 0 bridgehead atoms. The first-order chi connectivity index (χ1) is 14.6. The van der Waals surface area contributed by atoms with Crippen LogP contribution in [0.2, 0.25) is 0 Å². The number of aromatic nitrogens is 3. The fourth-order valence-electron chi connectivity index (χ4n) is 2.57. The largest absolute Gasteiger partial charge is 0.573 e. The second kappa shape index (κ2) is 9.04. The van der Waals surface area contributed by atoms with Gasteiger partial charge >= 0.3 is 6.36 Å². The number of amides is 1. The molecule has 1 atom stereocenters. The molecule has 2 heterocycles. The third-order valence-corrected chi connectivity index (χ3v) is 4.03. The summed E-state index contributed by atoms with van der Waals surface area (Å²) in [6.07, 6.45) is -1.80. The number of halogens is 3. The summed E-state index contributed by atoms with van der Waals surface area (Å²) in [7, 11) is 1.72. The zero-order valence-corrected chi connectivity index (χ0v) is 16.6. The van der Waals surface area contributed by atoms with E-state index in [9.17, 15) is 18.0 Å². The molecular formula is C20H19F3N4O4. The first-order valence-electron chi connectivity index (χ1n) is 9.10. The maximum absolute atomic E-state index is 12.4. The molecule has 31 heavy (non-hydrogen) atoms. The number of rotatable bonds is 7. The second-order valence-electron chi connectivity index (χ2n) is 6.63. The highest BCUT2D eigenvalue weighted by molar-refractivity contribution is 5.95. The van der Waals surface area contributed by atoms with Crippen LogP contribution in [0, 0.1) is 0 Å². The Morgan fingerprint density at radius 1 is 1.23 bits per heavy atom. The minimum Gasteiger partial charge on any atom is -0.438 e. The molecule has 2 aromatic heterocycles. The number of aryl methyl sites for hydroxylation is 1. The Morgan fingerprint density at radius 2 is 1.90 bits per heavy atom. The van der Waals surface area contributed by atoms with E-state index in [1.165, 1.54) is 24.4 Å². The van der Waals surface area contributed by atoms with Crippen molar-refractivity contribution in [2.45, 2.75) is 19.3 Å². The Morgan fingerprint density at radius 3 is 2.48 bits per heavy atom. The van der Waals surface area contributed by atoms with E-state index < -0.39 is 18.3 Å². The van der Waals surface area contributed by atoms with Crippen LogP contribution in [-0.4, -0.2) is 44.8 Å². The van der Waals surface area contributed by atoms with Crippen LogP contribution in [0.25, 0.3) is 11.3 Å². The maximum Gasteiger partial charge on any atom is 0.573 e. The van der Waals surface area contributed by atoms with Crippen LogP contribution in [0.4, 0.5) is 13.2 Å². The molecule has 0 aliphatic carbocycles. The summed E-state index contributed by atoms with van der Waals surface area (Å²) in [5.74, 6) is -0.505. The van der Waals surface area contributed by atoms with Crippen LogP contribution in [0.1, 0.15) is 17.3 Å². The van der Waals surface area contributed by atoms with Gasteiger partial charge in [0.25, 0.3) is 5.91 Å². The highest BCUT2D eigenvalue weighted by Gasteiger charge is 2.31. The number of alkyl halides is 3. The van der Waals surface area contributed by atoms with E-state index in [1.807, 2.05) is 0 Å². The smallest absolute Gasteiger partial charge is 0.438 e. The molecular weight excluding hydrogens is 417 g/mol. The third-order valence-electron chi connectivity index (χ3n) is 4.03. The molecule has 8 nitrogen and oxygen atoms in total. The molecule has 11 heteroatoms. The Bertz CT molecular complexity index is 1050. The van der Waals surface area contributed by atoms with Gasteiger partial charge in [-0.25, -0.2) is 4.98 Å². The lowest BCUT2D eigenvalue weighted by Crippen LogP contribution is -2.35. The molecule has 0 saturated carbocycles. The monoisotopic (exact) mass is 436 g/mol. The molecule has 0 aliphatic heterocycles. The predicted molar refractivity (Wildman–Crippen MR) is 104 cm³/mol. The maximum atomic E-state index is 12.4. The number of carbonyl (C=O) groups is 1. The number of hydrogen-bond donors (Lipinski definition) is 2.